The average molecular weight is 195 g/mol. The van der Waals surface area contributed by atoms with Crippen molar-refractivity contribution in [2.75, 3.05) is 0 Å². The lowest BCUT2D eigenvalue weighted by molar-refractivity contribution is -0.385. The zero-order valence-electron chi connectivity index (χ0n) is 7.01. The zero-order valence-corrected chi connectivity index (χ0v) is 7.01. The van der Waals surface area contributed by atoms with E-state index in [4.69, 9.17) is 0 Å². The third-order valence-electron chi connectivity index (χ3n) is 1.55. The van der Waals surface area contributed by atoms with Gasteiger partial charge in [-0.2, -0.15) is 0 Å². The first-order chi connectivity index (χ1) is 6.65. The molecule has 4 nitrogen and oxygen atoms in total. The number of hydrogen-bond acceptors (Lipinski definition) is 3. The molecule has 0 aliphatic heterocycles. The van der Waals surface area contributed by atoms with Gasteiger partial charge >= 0.3 is 0 Å². The maximum absolute atomic E-state index is 13.1. The zero-order chi connectivity index (χ0) is 10.6. The molecule has 0 aliphatic carbocycles. The number of halogens is 1. The van der Waals surface area contributed by atoms with E-state index in [0.717, 1.165) is 12.1 Å². The summed E-state index contributed by atoms with van der Waals surface area (Å²) in [7, 11) is 0. The van der Waals surface area contributed by atoms with Crippen molar-refractivity contribution >= 4 is 18.0 Å². The summed E-state index contributed by atoms with van der Waals surface area (Å²) in [5.41, 5.74) is -0.173. The number of carbonyl (C=O) groups is 1. The normalized spacial score (nSPS) is 10.4. The summed E-state index contributed by atoms with van der Waals surface area (Å²) in [5, 5.41) is 10.2. The number of nitro benzene ring substituents is 1. The second-order valence-electron chi connectivity index (χ2n) is 2.46. The van der Waals surface area contributed by atoms with Crippen LogP contribution in [0, 0.1) is 15.9 Å². The molecular weight excluding hydrogens is 189 g/mol. The average Bonchev–Trinajstić information content (AvgIpc) is 2.15. The number of rotatable bonds is 3. The van der Waals surface area contributed by atoms with Crippen LogP contribution in [-0.4, -0.2) is 11.2 Å². The molecule has 5 heteroatoms. The fraction of sp³-hybridized carbons (Fsp3) is 0. The molecule has 1 aromatic rings. The molecule has 0 heterocycles. The Morgan fingerprint density at radius 1 is 1.43 bits per heavy atom. The molecule has 0 aromatic heterocycles. The van der Waals surface area contributed by atoms with Crippen LogP contribution in [0.5, 0.6) is 0 Å². The smallest absolute Gasteiger partial charge is 0.272 e. The number of nitrogens with zero attached hydrogens (tertiary/aromatic N) is 1. The van der Waals surface area contributed by atoms with E-state index in [1.54, 1.807) is 0 Å². The molecule has 0 bridgehead atoms. The van der Waals surface area contributed by atoms with Gasteiger partial charge in [-0.15, -0.1) is 0 Å². The SMILES string of the molecule is O=C/C=C/c1ccc([N+](=O)[O-])cc1F. The van der Waals surface area contributed by atoms with Crippen molar-refractivity contribution < 1.29 is 14.1 Å². The molecule has 0 aliphatic rings. The van der Waals surface area contributed by atoms with E-state index in [2.05, 4.69) is 0 Å². The minimum absolute atomic E-state index is 0.141. The van der Waals surface area contributed by atoms with E-state index in [-0.39, 0.29) is 11.3 Å². The molecular formula is C9H6FNO3. The quantitative estimate of drug-likeness (QED) is 0.320. The number of non-ortho nitro benzene ring substituents is 1. The first kappa shape index (κ1) is 10.0. The fourth-order valence-corrected chi connectivity index (χ4v) is 0.908. The van der Waals surface area contributed by atoms with E-state index in [0.29, 0.717) is 6.29 Å². The summed E-state index contributed by atoms with van der Waals surface area (Å²) in [6.45, 7) is 0. The molecule has 0 fully saturated rings. The molecule has 0 unspecified atom stereocenters. The molecule has 1 rings (SSSR count). The van der Waals surface area contributed by atoms with Crippen molar-refractivity contribution in [3.63, 3.8) is 0 Å². The highest BCUT2D eigenvalue weighted by atomic mass is 19.1. The second kappa shape index (κ2) is 4.27. The van der Waals surface area contributed by atoms with Gasteiger partial charge in [-0.1, -0.05) is 0 Å². The van der Waals surface area contributed by atoms with Crippen LogP contribution in [-0.2, 0) is 4.79 Å². The number of aldehydes is 1. The first-order valence-corrected chi connectivity index (χ1v) is 3.71. The van der Waals surface area contributed by atoms with E-state index in [1.807, 2.05) is 0 Å². The number of carbonyl (C=O) groups excluding carboxylic acids is 1. The number of benzene rings is 1. The van der Waals surface area contributed by atoms with Gasteiger partial charge in [0.2, 0.25) is 0 Å². The highest BCUT2D eigenvalue weighted by Crippen LogP contribution is 2.17. The number of allylic oxidation sites excluding steroid dienone is 1. The molecule has 72 valence electrons. The van der Waals surface area contributed by atoms with Gasteiger partial charge in [0.25, 0.3) is 5.69 Å². The van der Waals surface area contributed by atoms with Crippen molar-refractivity contribution in [2.24, 2.45) is 0 Å². The summed E-state index contributed by atoms with van der Waals surface area (Å²) in [6, 6.07) is 3.23. The molecule has 0 radical (unpaired) electrons. The highest BCUT2D eigenvalue weighted by molar-refractivity contribution is 5.74. The van der Waals surface area contributed by atoms with Crippen molar-refractivity contribution in [3.05, 3.63) is 45.8 Å². The van der Waals surface area contributed by atoms with Gasteiger partial charge in [-0.05, 0) is 18.2 Å². The Labute approximate surface area is 78.8 Å². The lowest BCUT2D eigenvalue weighted by Gasteiger charge is -1.95. The molecule has 0 N–H and O–H groups in total. The highest BCUT2D eigenvalue weighted by Gasteiger charge is 2.08. The standard InChI is InChI=1S/C9H6FNO3/c10-9-6-8(11(13)14)4-3-7(9)2-1-5-12/h1-6H/b2-1+. The van der Waals surface area contributed by atoms with Crippen molar-refractivity contribution in [2.45, 2.75) is 0 Å². The van der Waals surface area contributed by atoms with Crippen LogP contribution in [0.2, 0.25) is 0 Å². The van der Waals surface area contributed by atoms with Crippen LogP contribution in [0.25, 0.3) is 6.08 Å². The predicted molar refractivity (Wildman–Crippen MR) is 48.2 cm³/mol. The summed E-state index contributed by atoms with van der Waals surface area (Å²) < 4.78 is 13.1. The third-order valence-corrected chi connectivity index (χ3v) is 1.55. The van der Waals surface area contributed by atoms with Crippen LogP contribution in [0.3, 0.4) is 0 Å². The van der Waals surface area contributed by atoms with Crippen molar-refractivity contribution in [1.29, 1.82) is 0 Å². The van der Waals surface area contributed by atoms with Gasteiger partial charge in [0.15, 0.2) is 0 Å². The summed E-state index contributed by atoms with van der Waals surface area (Å²) in [6.07, 6.45) is 2.86. The Hall–Kier alpha value is -2.04. The first-order valence-electron chi connectivity index (χ1n) is 3.71. The number of hydrogen-bond donors (Lipinski definition) is 0. The largest absolute Gasteiger partial charge is 0.299 e. The van der Waals surface area contributed by atoms with Gasteiger partial charge in [0.1, 0.15) is 12.1 Å². The monoisotopic (exact) mass is 195 g/mol. The molecule has 0 saturated carbocycles. The molecule has 0 amide bonds. The number of nitro groups is 1. The molecule has 0 atom stereocenters. The van der Waals surface area contributed by atoms with Crippen LogP contribution >= 0.6 is 0 Å². The third kappa shape index (κ3) is 2.22. The Morgan fingerprint density at radius 2 is 2.14 bits per heavy atom. The predicted octanol–water partition coefficient (Wildman–Crippen LogP) is 1.95. The summed E-state index contributed by atoms with van der Waals surface area (Å²) in [4.78, 5) is 19.5. The second-order valence-corrected chi connectivity index (χ2v) is 2.46. The minimum atomic E-state index is -0.725. The van der Waals surface area contributed by atoms with Crippen LogP contribution < -0.4 is 0 Å². The Bertz CT molecular complexity index is 401. The van der Waals surface area contributed by atoms with Gasteiger partial charge in [0.05, 0.1) is 11.0 Å². The maximum atomic E-state index is 13.1. The minimum Gasteiger partial charge on any atom is -0.299 e. The Morgan fingerprint density at radius 3 is 2.64 bits per heavy atom. The van der Waals surface area contributed by atoms with E-state index in [1.165, 1.54) is 18.2 Å². The van der Waals surface area contributed by atoms with E-state index < -0.39 is 10.7 Å². The lowest BCUT2D eigenvalue weighted by Crippen LogP contribution is -1.90. The molecule has 0 saturated heterocycles. The Kier molecular flexibility index (Phi) is 3.06. The maximum Gasteiger partial charge on any atom is 0.272 e. The summed E-state index contributed by atoms with van der Waals surface area (Å²) in [5.74, 6) is -0.725. The van der Waals surface area contributed by atoms with Gasteiger partial charge in [0, 0.05) is 11.6 Å². The Balaban J connectivity index is 3.07. The molecule has 0 spiro atoms. The fourth-order valence-electron chi connectivity index (χ4n) is 0.908. The lowest BCUT2D eigenvalue weighted by atomic mass is 10.2. The summed E-state index contributed by atoms with van der Waals surface area (Å²) >= 11 is 0. The van der Waals surface area contributed by atoms with Crippen LogP contribution in [0.15, 0.2) is 24.3 Å². The van der Waals surface area contributed by atoms with Gasteiger partial charge < -0.3 is 0 Å². The van der Waals surface area contributed by atoms with Gasteiger partial charge in [-0.3, -0.25) is 14.9 Å². The van der Waals surface area contributed by atoms with E-state index >= 15 is 0 Å². The van der Waals surface area contributed by atoms with E-state index in [9.17, 15) is 19.3 Å². The molecule has 14 heavy (non-hydrogen) atoms. The topological polar surface area (TPSA) is 60.2 Å². The van der Waals surface area contributed by atoms with Crippen molar-refractivity contribution in [3.8, 4) is 0 Å². The van der Waals surface area contributed by atoms with Crippen LogP contribution in [0.1, 0.15) is 5.56 Å². The van der Waals surface area contributed by atoms with Crippen molar-refractivity contribution in [1.82, 2.24) is 0 Å². The molecule has 1 aromatic carbocycles. The van der Waals surface area contributed by atoms with Crippen LogP contribution in [0.4, 0.5) is 10.1 Å². The van der Waals surface area contributed by atoms with Gasteiger partial charge in [-0.25, -0.2) is 4.39 Å².